The van der Waals surface area contributed by atoms with Crippen LogP contribution in [0.15, 0.2) is 60.2 Å². The highest BCUT2D eigenvalue weighted by Gasteiger charge is 2.27. The molecule has 0 atom stereocenters. The lowest BCUT2D eigenvalue weighted by Gasteiger charge is -2.15. The van der Waals surface area contributed by atoms with Gasteiger partial charge in [-0.15, -0.1) is 0 Å². The van der Waals surface area contributed by atoms with Gasteiger partial charge in [0.2, 0.25) is 0 Å². The Hall–Kier alpha value is -3.08. The first-order valence-corrected chi connectivity index (χ1v) is 8.08. The molecule has 0 fully saturated rings. The van der Waals surface area contributed by atoms with Gasteiger partial charge in [-0.2, -0.15) is 0 Å². The molecule has 130 valence electrons. The van der Waals surface area contributed by atoms with Crippen LogP contribution in [-0.2, 0) is 19.1 Å². The van der Waals surface area contributed by atoms with Crippen LogP contribution < -0.4 is 5.73 Å². The van der Waals surface area contributed by atoms with Crippen molar-refractivity contribution in [1.29, 1.82) is 0 Å². The number of esters is 2. The summed E-state index contributed by atoms with van der Waals surface area (Å²) in [7, 11) is 0. The minimum Gasteiger partial charge on any atom is -0.462 e. The number of anilines is 1. The second kappa shape index (κ2) is 8.68. The summed E-state index contributed by atoms with van der Waals surface area (Å²) in [5.74, 6) is -1.44. The Morgan fingerprint density at radius 3 is 1.92 bits per heavy atom. The smallest absolute Gasteiger partial charge is 0.346 e. The Morgan fingerprint density at radius 2 is 1.40 bits per heavy atom. The van der Waals surface area contributed by atoms with Gasteiger partial charge in [0.25, 0.3) is 0 Å². The normalized spacial score (nSPS) is 10.0. The van der Waals surface area contributed by atoms with Gasteiger partial charge in [-0.05, 0) is 37.1 Å². The molecule has 25 heavy (non-hydrogen) atoms. The maximum absolute atomic E-state index is 12.5. The fraction of sp³-hybridized carbons (Fsp3) is 0.200. The van der Waals surface area contributed by atoms with Crippen LogP contribution in [0.5, 0.6) is 0 Å². The number of hydrogen-bond donors (Lipinski definition) is 1. The first kappa shape index (κ1) is 18.3. The summed E-state index contributed by atoms with van der Waals surface area (Å²) in [6, 6.07) is 16.1. The monoisotopic (exact) mass is 339 g/mol. The molecule has 0 heterocycles. The van der Waals surface area contributed by atoms with Crippen molar-refractivity contribution in [2.24, 2.45) is 0 Å². The Balaban J connectivity index is 2.77. The van der Waals surface area contributed by atoms with Gasteiger partial charge >= 0.3 is 11.9 Å². The van der Waals surface area contributed by atoms with E-state index in [0.29, 0.717) is 22.4 Å². The predicted octanol–water partition coefficient (Wildman–Crippen LogP) is 3.20. The van der Waals surface area contributed by atoms with Crippen LogP contribution in [0, 0.1) is 0 Å². The maximum atomic E-state index is 12.5. The van der Waals surface area contributed by atoms with E-state index >= 15 is 0 Å². The van der Waals surface area contributed by atoms with E-state index in [1.807, 2.05) is 30.3 Å². The van der Waals surface area contributed by atoms with Gasteiger partial charge in [-0.25, -0.2) is 9.59 Å². The molecule has 2 N–H and O–H groups in total. The quantitative estimate of drug-likeness (QED) is 0.287. The van der Waals surface area contributed by atoms with E-state index in [1.165, 1.54) is 0 Å². The summed E-state index contributed by atoms with van der Waals surface area (Å²) in [4.78, 5) is 25.0. The van der Waals surface area contributed by atoms with E-state index in [2.05, 4.69) is 0 Å². The molecule has 0 radical (unpaired) electrons. The molecule has 0 aliphatic rings. The number of hydrogen-bond acceptors (Lipinski definition) is 5. The molecule has 0 saturated heterocycles. The van der Waals surface area contributed by atoms with E-state index in [-0.39, 0.29) is 18.8 Å². The van der Waals surface area contributed by atoms with Crippen molar-refractivity contribution < 1.29 is 19.1 Å². The van der Waals surface area contributed by atoms with Crippen LogP contribution in [0.25, 0.3) is 5.57 Å². The minimum atomic E-state index is -0.720. The average Bonchev–Trinajstić information content (AvgIpc) is 2.60. The molecule has 0 bridgehead atoms. The van der Waals surface area contributed by atoms with Crippen molar-refractivity contribution in [2.75, 3.05) is 18.9 Å². The molecule has 0 saturated carbocycles. The van der Waals surface area contributed by atoms with Crippen LogP contribution in [0.3, 0.4) is 0 Å². The third-order valence-electron chi connectivity index (χ3n) is 3.45. The summed E-state index contributed by atoms with van der Waals surface area (Å²) in [6.07, 6.45) is 0. The highest BCUT2D eigenvalue weighted by Crippen LogP contribution is 2.29. The molecule has 0 amide bonds. The highest BCUT2D eigenvalue weighted by molar-refractivity contribution is 6.22. The fourth-order valence-electron chi connectivity index (χ4n) is 2.45. The van der Waals surface area contributed by atoms with Crippen LogP contribution in [0.4, 0.5) is 5.69 Å². The van der Waals surface area contributed by atoms with Gasteiger partial charge in [-0.1, -0.05) is 42.5 Å². The zero-order valence-electron chi connectivity index (χ0n) is 14.3. The SMILES string of the molecule is CCOC(=O)C(C(=O)OCC)=C(c1ccccc1)c1cccc(N)c1. The van der Waals surface area contributed by atoms with Crippen molar-refractivity contribution in [3.63, 3.8) is 0 Å². The molecule has 0 spiro atoms. The number of carbonyl (C=O) groups excluding carboxylic acids is 2. The number of nitrogen functional groups attached to an aromatic ring is 1. The van der Waals surface area contributed by atoms with E-state index < -0.39 is 11.9 Å². The lowest BCUT2D eigenvalue weighted by atomic mass is 9.92. The Bertz CT molecular complexity index is 761. The van der Waals surface area contributed by atoms with E-state index in [0.717, 1.165) is 0 Å². The van der Waals surface area contributed by atoms with Crippen LogP contribution >= 0.6 is 0 Å². The number of ether oxygens (including phenoxy) is 2. The third kappa shape index (κ3) is 4.47. The molecule has 5 heteroatoms. The first-order valence-electron chi connectivity index (χ1n) is 8.08. The summed E-state index contributed by atoms with van der Waals surface area (Å²) in [5.41, 5.74) is 8.05. The standard InChI is InChI=1S/C20H21NO4/c1-3-24-19(22)18(20(23)25-4-2)17(14-9-6-5-7-10-14)15-11-8-12-16(21)13-15/h5-13H,3-4,21H2,1-2H3. The van der Waals surface area contributed by atoms with Crippen molar-refractivity contribution >= 4 is 23.2 Å². The largest absolute Gasteiger partial charge is 0.462 e. The van der Waals surface area contributed by atoms with Crippen molar-refractivity contribution in [1.82, 2.24) is 0 Å². The Morgan fingerprint density at radius 1 is 0.840 bits per heavy atom. The zero-order valence-corrected chi connectivity index (χ0v) is 14.3. The molecule has 0 aromatic heterocycles. The Labute approximate surface area is 147 Å². The summed E-state index contributed by atoms with van der Waals surface area (Å²) < 4.78 is 10.2. The molecule has 5 nitrogen and oxygen atoms in total. The van der Waals surface area contributed by atoms with Gasteiger partial charge in [-0.3, -0.25) is 0 Å². The van der Waals surface area contributed by atoms with Crippen LogP contribution in [0.1, 0.15) is 25.0 Å². The van der Waals surface area contributed by atoms with Crippen molar-refractivity contribution in [3.05, 3.63) is 71.3 Å². The van der Waals surface area contributed by atoms with Crippen LogP contribution in [-0.4, -0.2) is 25.2 Å². The van der Waals surface area contributed by atoms with E-state index in [1.54, 1.807) is 38.1 Å². The highest BCUT2D eigenvalue weighted by atomic mass is 16.6. The number of carbonyl (C=O) groups is 2. The van der Waals surface area contributed by atoms with Gasteiger partial charge in [0, 0.05) is 11.3 Å². The summed E-state index contributed by atoms with van der Waals surface area (Å²) in [5, 5.41) is 0. The third-order valence-corrected chi connectivity index (χ3v) is 3.45. The lowest BCUT2D eigenvalue weighted by molar-refractivity contribution is -0.146. The molecule has 2 aromatic carbocycles. The number of benzene rings is 2. The van der Waals surface area contributed by atoms with Crippen molar-refractivity contribution in [2.45, 2.75) is 13.8 Å². The van der Waals surface area contributed by atoms with E-state index in [9.17, 15) is 9.59 Å². The lowest BCUT2D eigenvalue weighted by Crippen LogP contribution is -2.20. The predicted molar refractivity (Wildman–Crippen MR) is 96.6 cm³/mol. The fourth-order valence-corrected chi connectivity index (χ4v) is 2.45. The molecule has 2 rings (SSSR count). The Kier molecular flexibility index (Phi) is 6.34. The zero-order chi connectivity index (χ0) is 18.2. The maximum Gasteiger partial charge on any atom is 0.346 e. The van der Waals surface area contributed by atoms with Gasteiger partial charge < -0.3 is 15.2 Å². The van der Waals surface area contributed by atoms with E-state index in [4.69, 9.17) is 15.2 Å². The first-order chi connectivity index (χ1) is 12.1. The number of nitrogens with two attached hydrogens (primary N) is 1. The minimum absolute atomic E-state index is 0.138. The second-order valence-electron chi connectivity index (χ2n) is 5.18. The van der Waals surface area contributed by atoms with Gasteiger partial charge in [0.15, 0.2) is 5.57 Å². The molecule has 0 aliphatic heterocycles. The molecular weight excluding hydrogens is 318 g/mol. The van der Waals surface area contributed by atoms with Gasteiger partial charge in [0.1, 0.15) is 0 Å². The topological polar surface area (TPSA) is 78.6 Å². The molecular formula is C20H21NO4. The van der Waals surface area contributed by atoms with Gasteiger partial charge in [0.05, 0.1) is 13.2 Å². The summed E-state index contributed by atoms with van der Waals surface area (Å²) >= 11 is 0. The molecule has 0 unspecified atom stereocenters. The van der Waals surface area contributed by atoms with Crippen molar-refractivity contribution in [3.8, 4) is 0 Å². The summed E-state index contributed by atoms with van der Waals surface area (Å²) in [6.45, 7) is 3.67. The second-order valence-corrected chi connectivity index (χ2v) is 5.18. The number of rotatable bonds is 6. The van der Waals surface area contributed by atoms with Crippen LogP contribution in [0.2, 0.25) is 0 Å². The molecule has 0 aliphatic carbocycles. The average molecular weight is 339 g/mol. The molecule has 2 aromatic rings.